The van der Waals surface area contributed by atoms with Gasteiger partial charge in [-0.3, -0.25) is 0 Å². The smallest absolute Gasteiger partial charge is 0.0710 e. The van der Waals surface area contributed by atoms with Gasteiger partial charge in [0.25, 0.3) is 0 Å². The zero-order chi connectivity index (χ0) is 17.3. The van der Waals surface area contributed by atoms with Crippen molar-refractivity contribution < 1.29 is 0 Å². The van der Waals surface area contributed by atoms with Crippen LogP contribution in [-0.2, 0) is 0 Å². The number of rotatable bonds is 0. The van der Waals surface area contributed by atoms with Crippen molar-refractivity contribution in [3.8, 4) is 11.1 Å². The molecule has 3 aromatic carbocycles. The van der Waals surface area contributed by atoms with Crippen LogP contribution in [0.5, 0.6) is 0 Å². The number of hydrogen-bond acceptors (Lipinski definition) is 1. The Hall–Kier alpha value is -3.52. The molecule has 0 spiro atoms. The monoisotopic (exact) mass is 334 g/mol. The standard InChI is InChI=1S/C24H18N2/c1-2-8-16-25-23-20(18-11-5-4-10-17(18)9-3-1)14-15-21-19-12-6-7-13-22(19)26-24(21)23/h1-16,25-26H/b2-1?,9-3?,16-8+. The molecule has 2 heteroatoms. The molecule has 0 amide bonds. The van der Waals surface area contributed by atoms with Crippen molar-refractivity contribution in [2.24, 2.45) is 0 Å². The molecule has 0 aliphatic carbocycles. The maximum atomic E-state index is 3.60. The number of aromatic nitrogens is 1. The second-order valence-electron chi connectivity index (χ2n) is 6.42. The number of aromatic amines is 1. The van der Waals surface area contributed by atoms with Gasteiger partial charge in [-0.2, -0.15) is 0 Å². The minimum Gasteiger partial charge on any atom is -0.359 e. The third kappa shape index (κ3) is 2.35. The average molecular weight is 334 g/mol. The van der Waals surface area contributed by atoms with Crippen molar-refractivity contribution in [2.45, 2.75) is 0 Å². The van der Waals surface area contributed by atoms with Gasteiger partial charge in [-0.25, -0.2) is 0 Å². The van der Waals surface area contributed by atoms with E-state index in [4.69, 9.17) is 0 Å². The molecular weight excluding hydrogens is 316 g/mol. The lowest BCUT2D eigenvalue weighted by molar-refractivity contribution is 1.51. The number of para-hydroxylation sites is 1. The first kappa shape index (κ1) is 14.8. The van der Waals surface area contributed by atoms with Crippen LogP contribution in [0.1, 0.15) is 5.56 Å². The SMILES string of the molecule is C1=C/C=C/Nc2c(ccc3c2[nH]c2ccccc23)-c2ccccc2C=C1. The van der Waals surface area contributed by atoms with Gasteiger partial charge in [-0.15, -0.1) is 0 Å². The van der Waals surface area contributed by atoms with Crippen LogP contribution in [0.25, 0.3) is 39.0 Å². The number of hydrogen-bond donors (Lipinski definition) is 2. The highest BCUT2D eigenvalue weighted by atomic mass is 14.9. The average Bonchev–Trinajstić information content (AvgIpc) is 3.04. The van der Waals surface area contributed by atoms with Gasteiger partial charge in [0.15, 0.2) is 0 Å². The van der Waals surface area contributed by atoms with E-state index >= 15 is 0 Å². The van der Waals surface area contributed by atoms with Crippen LogP contribution in [0.2, 0.25) is 0 Å². The summed E-state index contributed by atoms with van der Waals surface area (Å²) in [6, 6.07) is 21.4. The first-order valence-corrected chi connectivity index (χ1v) is 8.81. The Morgan fingerprint density at radius 1 is 0.615 bits per heavy atom. The van der Waals surface area contributed by atoms with E-state index in [1.165, 1.54) is 27.5 Å². The second kappa shape index (κ2) is 6.08. The Kier molecular flexibility index (Phi) is 3.46. The van der Waals surface area contributed by atoms with E-state index in [-0.39, 0.29) is 0 Å². The van der Waals surface area contributed by atoms with Gasteiger partial charge in [-0.05, 0) is 23.3 Å². The van der Waals surface area contributed by atoms with Crippen LogP contribution in [0.3, 0.4) is 0 Å². The zero-order valence-corrected chi connectivity index (χ0v) is 14.2. The Bertz CT molecular complexity index is 1210. The topological polar surface area (TPSA) is 27.8 Å². The summed E-state index contributed by atoms with van der Waals surface area (Å²) in [4.78, 5) is 3.60. The van der Waals surface area contributed by atoms with Crippen LogP contribution in [-0.4, -0.2) is 4.98 Å². The molecule has 0 saturated carbocycles. The summed E-state index contributed by atoms with van der Waals surface area (Å²) in [5.41, 5.74) is 7.01. The van der Waals surface area contributed by atoms with Gasteiger partial charge in [0.2, 0.25) is 0 Å². The predicted molar refractivity (Wildman–Crippen MR) is 112 cm³/mol. The number of allylic oxidation sites excluding steroid dienone is 4. The highest BCUT2D eigenvalue weighted by Gasteiger charge is 2.14. The van der Waals surface area contributed by atoms with Gasteiger partial charge >= 0.3 is 0 Å². The third-order valence-electron chi connectivity index (χ3n) is 4.87. The molecule has 0 unspecified atom stereocenters. The molecule has 0 radical (unpaired) electrons. The van der Waals surface area contributed by atoms with E-state index in [9.17, 15) is 0 Å². The number of anilines is 1. The molecule has 2 heterocycles. The van der Waals surface area contributed by atoms with Crippen molar-refractivity contribution in [3.05, 3.63) is 96.7 Å². The maximum absolute atomic E-state index is 3.60. The fraction of sp³-hybridized carbons (Fsp3) is 0. The molecule has 0 fully saturated rings. The number of nitrogens with one attached hydrogen (secondary N) is 2. The van der Waals surface area contributed by atoms with Gasteiger partial charge in [0.05, 0.1) is 11.2 Å². The van der Waals surface area contributed by atoms with Crippen LogP contribution >= 0.6 is 0 Å². The lowest BCUT2D eigenvalue weighted by atomic mass is 9.96. The summed E-state index contributed by atoms with van der Waals surface area (Å²) in [5, 5.41) is 6.00. The molecule has 0 bridgehead atoms. The summed E-state index contributed by atoms with van der Waals surface area (Å²) < 4.78 is 0. The van der Waals surface area contributed by atoms with Gasteiger partial charge in [-0.1, -0.05) is 78.9 Å². The van der Waals surface area contributed by atoms with Crippen molar-refractivity contribution >= 4 is 33.6 Å². The highest BCUT2D eigenvalue weighted by Crippen LogP contribution is 2.39. The van der Waals surface area contributed by atoms with E-state index in [2.05, 4.69) is 83.1 Å². The largest absolute Gasteiger partial charge is 0.359 e. The van der Waals surface area contributed by atoms with Crippen molar-refractivity contribution in [2.75, 3.05) is 5.32 Å². The summed E-state index contributed by atoms with van der Waals surface area (Å²) in [6.45, 7) is 0. The van der Waals surface area contributed by atoms with E-state index in [0.717, 1.165) is 16.7 Å². The molecule has 4 aromatic rings. The van der Waals surface area contributed by atoms with E-state index in [1.54, 1.807) is 0 Å². The summed E-state index contributed by atoms with van der Waals surface area (Å²) in [5.74, 6) is 0. The maximum Gasteiger partial charge on any atom is 0.0710 e. The molecule has 2 nitrogen and oxygen atoms in total. The molecule has 0 atom stereocenters. The Balaban J connectivity index is 1.87. The fourth-order valence-corrected chi connectivity index (χ4v) is 3.66. The fourth-order valence-electron chi connectivity index (χ4n) is 3.66. The molecule has 1 aliphatic rings. The van der Waals surface area contributed by atoms with Crippen LogP contribution in [0, 0.1) is 0 Å². The van der Waals surface area contributed by atoms with Crippen LogP contribution in [0.4, 0.5) is 5.69 Å². The lowest BCUT2D eigenvalue weighted by Crippen LogP contribution is -1.94. The van der Waals surface area contributed by atoms with E-state index in [0.29, 0.717) is 0 Å². The number of benzene rings is 3. The van der Waals surface area contributed by atoms with Gasteiger partial charge < -0.3 is 10.3 Å². The Morgan fingerprint density at radius 2 is 1.46 bits per heavy atom. The summed E-state index contributed by atoms with van der Waals surface area (Å²) in [6.07, 6.45) is 12.3. The molecule has 0 saturated heterocycles. The second-order valence-corrected chi connectivity index (χ2v) is 6.42. The zero-order valence-electron chi connectivity index (χ0n) is 14.2. The molecule has 26 heavy (non-hydrogen) atoms. The Morgan fingerprint density at radius 3 is 2.46 bits per heavy atom. The first-order chi connectivity index (χ1) is 12.9. The highest BCUT2D eigenvalue weighted by molar-refractivity contribution is 6.14. The minimum absolute atomic E-state index is 1.10. The Labute approximate surface area is 152 Å². The number of H-pyrrole nitrogens is 1. The van der Waals surface area contributed by atoms with Crippen molar-refractivity contribution in [1.82, 2.24) is 4.98 Å². The lowest BCUT2D eigenvalue weighted by Gasteiger charge is -2.13. The first-order valence-electron chi connectivity index (χ1n) is 8.81. The quantitative estimate of drug-likeness (QED) is 0.377. The third-order valence-corrected chi connectivity index (χ3v) is 4.87. The minimum atomic E-state index is 1.10. The number of fused-ring (bicyclic) bond motifs is 7. The van der Waals surface area contributed by atoms with Gasteiger partial charge in [0, 0.05) is 28.1 Å². The van der Waals surface area contributed by atoms with Crippen molar-refractivity contribution in [3.63, 3.8) is 0 Å². The van der Waals surface area contributed by atoms with E-state index < -0.39 is 0 Å². The molecular formula is C24H18N2. The summed E-state index contributed by atoms with van der Waals surface area (Å²) in [7, 11) is 0. The van der Waals surface area contributed by atoms with Gasteiger partial charge in [0.1, 0.15) is 0 Å². The molecule has 5 rings (SSSR count). The molecule has 2 N–H and O–H groups in total. The van der Waals surface area contributed by atoms with Crippen LogP contribution in [0.15, 0.2) is 91.2 Å². The van der Waals surface area contributed by atoms with Crippen LogP contribution < -0.4 is 5.32 Å². The van der Waals surface area contributed by atoms with Crippen molar-refractivity contribution in [1.29, 1.82) is 0 Å². The normalized spacial score (nSPS) is 14.5. The van der Waals surface area contributed by atoms with E-state index in [1.807, 2.05) is 24.4 Å². The predicted octanol–water partition coefficient (Wildman–Crippen LogP) is 6.50. The molecule has 1 aromatic heterocycles. The summed E-state index contributed by atoms with van der Waals surface area (Å²) >= 11 is 0. The molecule has 124 valence electrons. The molecule has 1 aliphatic heterocycles.